The Morgan fingerprint density at radius 1 is 1.19 bits per heavy atom. The van der Waals surface area contributed by atoms with E-state index in [-0.39, 0.29) is 5.91 Å². The highest BCUT2D eigenvalue weighted by Crippen LogP contribution is 2.33. The van der Waals surface area contributed by atoms with Crippen LogP contribution in [0, 0.1) is 0 Å². The summed E-state index contributed by atoms with van der Waals surface area (Å²) in [6.07, 6.45) is 1.86. The van der Waals surface area contributed by atoms with E-state index in [9.17, 15) is 4.79 Å². The van der Waals surface area contributed by atoms with Crippen molar-refractivity contribution < 1.29 is 14.3 Å². The first kappa shape index (κ1) is 18.5. The minimum atomic E-state index is -0.0413. The summed E-state index contributed by atoms with van der Waals surface area (Å²) < 4.78 is 11.9. The second kappa shape index (κ2) is 8.38. The van der Waals surface area contributed by atoms with Crippen molar-refractivity contribution in [3.8, 4) is 11.5 Å². The number of methoxy groups -OCH3 is 1. The van der Waals surface area contributed by atoms with E-state index in [0.29, 0.717) is 22.4 Å². The summed E-state index contributed by atoms with van der Waals surface area (Å²) in [6.45, 7) is 2.88. The number of rotatable bonds is 6. The Balaban J connectivity index is 1.82. The van der Waals surface area contributed by atoms with Gasteiger partial charge in [0.25, 0.3) is 5.91 Å². The van der Waals surface area contributed by atoms with Gasteiger partial charge in [-0.15, -0.1) is 0 Å². The molecule has 0 saturated carbocycles. The molecule has 1 fully saturated rings. The number of ether oxygens (including phenoxy) is 2. The van der Waals surface area contributed by atoms with Crippen molar-refractivity contribution >= 4 is 40.3 Å². The summed E-state index contributed by atoms with van der Waals surface area (Å²) in [7, 11) is 1.63. The Morgan fingerprint density at radius 2 is 1.96 bits per heavy atom. The molecule has 1 saturated heterocycles. The summed E-state index contributed by atoms with van der Waals surface area (Å²) in [4.78, 5) is 14.6. The molecule has 6 heteroatoms. The van der Waals surface area contributed by atoms with Crippen molar-refractivity contribution in [1.82, 2.24) is 4.90 Å². The third-order valence-electron chi connectivity index (χ3n) is 3.93. The maximum Gasteiger partial charge on any atom is 0.266 e. The Kier molecular flexibility index (Phi) is 5.96. The van der Waals surface area contributed by atoms with Crippen LogP contribution in [0.25, 0.3) is 6.08 Å². The van der Waals surface area contributed by atoms with Gasteiger partial charge in [-0.1, -0.05) is 48.2 Å². The molecule has 26 heavy (non-hydrogen) atoms. The SMILES string of the molecule is CCN1C(=O)/C(=C/c2ccc(OC)c(COc3ccccc3)c2)SC1=S. The predicted molar refractivity (Wildman–Crippen MR) is 109 cm³/mol. The fraction of sp³-hybridized carbons (Fsp3) is 0.200. The second-order valence-corrected chi connectivity index (χ2v) is 7.27. The molecule has 1 aliphatic rings. The van der Waals surface area contributed by atoms with Crippen LogP contribution in [-0.2, 0) is 11.4 Å². The van der Waals surface area contributed by atoms with E-state index in [1.54, 1.807) is 12.0 Å². The fourth-order valence-corrected chi connectivity index (χ4v) is 3.99. The summed E-state index contributed by atoms with van der Waals surface area (Å²) in [5.41, 5.74) is 1.82. The summed E-state index contributed by atoms with van der Waals surface area (Å²) >= 11 is 6.59. The Labute approximate surface area is 162 Å². The van der Waals surface area contributed by atoms with Gasteiger partial charge in [-0.3, -0.25) is 9.69 Å². The molecule has 0 N–H and O–H groups in total. The molecule has 2 aromatic rings. The third kappa shape index (κ3) is 4.08. The standard InChI is InChI=1S/C20H19NO3S2/c1-3-21-19(22)18(26-20(21)25)12-14-9-10-17(23-2)15(11-14)13-24-16-7-5-4-6-8-16/h4-12H,3,13H2,1-2H3/b18-12-. The smallest absolute Gasteiger partial charge is 0.266 e. The van der Waals surface area contributed by atoms with Gasteiger partial charge in [0.05, 0.1) is 12.0 Å². The van der Waals surface area contributed by atoms with Crippen LogP contribution >= 0.6 is 24.0 Å². The number of nitrogens with zero attached hydrogens (tertiary/aromatic N) is 1. The van der Waals surface area contributed by atoms with Crippen molar-refractivity contribution in [2.45, 2.75) is 13.5 Å². The van der Waals surface area contributed by atoms with Crippen LogP contribution in [0.15, 0.2) is 53.4 Å². The van der Waals surface area contributed by atoms with Gasteiger partial charge in [0.1, 0.15) is 22.4 Å². The quantitative estimate of drug-likeness (QED) is 0.541. The van der Waals surface area contributed by atoms with E-state index in [2.05, 4.69) is 0 Å². The Morgan fingerprint density at radius 3 is 2.62 bits per heavy atom. The molecule has 0 aromatic heterocycles. The van der Waals surface area contributed by atoms with E-state index in [1.165, 1.54) is 11.8 Å². The summed E-state index contributed by atoms with van der Waals surface area (Å²) in [5, 5.41) is 0. The van der Waals surface area contributed by atoms with Gasteiger partial charge in [0.2, 0.25) is 0 Å². The molecule has 1 aliphatic heterocycles. The number of para-hydroxylation sites is 1. The summed E-state index contributed by atoms with van der Waals surface area (Å²) in [6, 6.07) is 15.4. The van der Waals surface area contributed by atoms with Gasteiger partial charge >= 0.3 is 0 Å². The molecule has 134 valence electrons. The number of benzene rings is 2. The molecular weight excluding hydrogens is 366 g/mol. The van der Waals surface area contributed by atoms with Gasteiger partial charge in [-0.2, -0.15) is 0 Å². The lowest BCUT2D eigenvalue weighted by Gasteiger charge is -2.11. The first-order valence-electron chi connectivity index (χ1n) is 8.22. The lowest BCUT2D eigenvalue weighted by atomic mass is 10.1. The number of carbonyl (C=O) groups excluding carboxylic acids is 1. The van der Waals surface area contributed by atoms with E-state index >= 15 is 0 Å². The number of carbonyl (C=O) groups is 1. The monoisotopic (exact) mass is 385 g/mol. The van der Waals surface area contributed by atoms with Gasteiger partial charge in [0, 0.05) is 12.1 Å². The molecule has 3 rings (SSSR count). The van der Waals surface area contributed by atoms with Crippen LogP contribution in [0.2, 0.25) is 0 Å². The van der Waals surface area contributed by atoms with E-state index in [1.807, 2.05) is 61.5 Å². The molecular formula is C20H19NO3S2. The van der Waals surface area contributed by atoms with Gasteiger partial charge in [-0.25, -0.2) is 0 Å². The number of thiocarbonyl (C=S) groups is 1. The minimum Gasteiger partial charge on any atom is -0.496 e. The van der Waals surface area contributed by atoms with Crippen LogP contribution < -0.4 is 9.47 Å². The second-order valence-electron chi connectivity index (χ2n) is 5.60. The number of amides is 1. The lowest BCUT2D eigenvalue weighted by molar-refractivity contribution is -0.121. The average molecular weight is 386 g/mol. The molecule has 1 heterocycles. The third-order valence-corrected chi connectivity index (χ3v) is 5.31. The molecule has 0 unspecified atom stereocenters. The van der Waals surface area contributed by atoms with E-state index in [4.69, 9.17) is 21.7 Å². The minimum absolute atomic E-state index is 0.0413. The van der Waals surface area contributed by atoms with Gasteiger partial charge in [-0.05, 0) is 42.8 Å². The van der Waals surface area contributed by atoms with Crippen LogP contribution in [0.4, 0.5) is 0 Å². The largest absolute Gasteiger partial charge is 0.496 e. The highest BCUT2D eigenvalue weighted by molar-refractivity contribution is 8.26. The van der Waals surface area contributed by atoms with Crippen LogP contribution in [0.3, 0.4) is 0 Å². The van der Waals surface area contributed by atoms with Crippen LogP contribution in [-0.4, -0.2) is 28.8 Å². The zero-order valence-corrected chi connectivity index (χ0v) is 16.2. The zero-order valence-electron chi connectivity index (χ0n) is 14.6. The highest BCUT2D eigenvalue weighted by atomic mass is 32.2. The zero-order chi connectivity index (χ0) is 18.5. The van der Waals surface area contributed by atoms with E-state index < -0.39 is 0 Å². The van der Waals surface area contributed by atoms with Crippen molar-refractivity contribution in [2.75, 3.05) is 13.7 Å². The fourth-order valence-electron chi connectivity index (χ4n) is 2.60. The number of hydrogen-bond acceptors (Lipinski definition) is 5. The first-order chi connectivity index (χ1) is 12.6. The van der Waals surface area contributed by atoms with Crippen molar-refractivity contribution in [2.24, 2.45) is 0 Å². The van der Waals surface area contributed by atoms with Gasteiger partial charge in [0.15, 0.2) is 0 Å². The Bertz CT molecular complexity index is 849. The normalized spacial score (nSPS) is 15.6. The molecule has 0 bridgehead atoms. The number of thioether (sulfide) groups is 1. The van der Waals surface area contributed by atoms with E-state index in [0.717, 1.165) is 22.6 Å². The molecule has 0 spiro atoms. The lowest BCUT2D eigenvalue weighted by Crippen LogP contribution is -2.27. The highest BCUT2D eigenvalue weighted by Gasteiger charge is 2.30. The first-order valence-corrected chi connectivity index (χ1v) is 9.45. The predicted octanol–water partition coefficient (Wildman–Crippen LogP) is 4.50. The topological polar surface area (TPSA) is 38.8 Å². The average Bonchev–Trinajstić information content (AvgIpc) is 2.93. The summed E-state index contributed by atoms with van der Waals surface area (Å²) in [5.74, 6) is 1.50. The molecule has 0 aliphatic carbocycles. The number of hydrogen-bond donors (Lipinski definition) is 0. The van der Waals surface area contributed by atoms with Crippen molar-refractivity contribution in [1.29, 1.82) is 0 Å². The maximum absolute atomic E-state index is 12.4. The maximum atomic E-state index is 12.4. The van der Waals surface area contributed by atoms with Crippen LogP contribution in [0.5, 0.6) is 11.5 Å². The molecule has 2 aromatic carbocycles. The van der Waals surface area contributed by atoms with Gasteiger partial charge < -0.3 is 9.47 Å². The molecule has 0 radical (unpaired) electrons. The Hall–Kier alpha value is -2.31. The molecule has 1 amide bonds. The molecule has 0 atom stereocenters. The van der Waals surface area contributed by atoms with Crippen molar-refractivity contribution in [3.05, 3.63) is 64.6 Å². The van der Waals surface area contributed by atoms with Crippen molar-refractivity contribution in [3.63, 3.8) is 0 Å². The van der Waals surface area contributed by atoms with Crippen LogP contribution in [0.1, 0.15) is 18.1 Å². The number of likely N-dealkylation sites (N-methyl/N-ethyl adjacent to an activating group) is 1. The molecule has 4 nitrogen and oxygen atoms in total.